The van der Waals surface area contributed by atoms with Crippen LogP contribution in [0.3, 0.4) is 0 Å². The Morgan fingerprint density at radius 1 is 0.828 bits per heavy atom. The van der Waals surface area contributed by atoms with Gasteiger partial charge in [-0.3, -0.25) is 0 Å². The lowest BCUT2D eigenvalue weighted by molar-refractivity contribution is -0.0420. The second-order valence-corrected chi connectivity index (χ2v) is 8.81. The van der Waals surface area contributed by atoms with Gasteiger partial charge in [-0.15, -0.1) is 0 Å². The fourth-order valence-electron chi connectivity index (χ4n) is 2.73. The fourth-order valence-corrected chi connectivity index (χ4v) is 2.73. The Labute approximate surface area is 172 Å². The number of anilines is 1. The van der Waals surface area contributed by atoms with Crippen LogP contribution in [0.25, 0.3) is 0 Å². The molecule has 0 atom stereocenters. The number of rotatable bonds is 1. The van der Waals surface area contributed by atoms with Crippen LogP contribution >= 0.6 is 0 Å². The molecule has 0 bridgehead atoms. The molecule has 0 saturated carbocycles. The molecule has 29 heavy (non-hydrogen) atoms. The van der Waals surface area contributed by atoms with Gasteiger partial charge in [0.05, 0.1) is 57.5 Å². The number of nitrogen functional groups attached to an aromatic ring is 1. The SMILES string of the molecule is CC1(C)COCCOCCOc2cc(N)c(C(=O)O)cc2OCC(C)(C)COC1. The van der Waals surface area contributed by atoms with Crippen LogP contribution in [-0.2, 0) is 14.2 Å². The van der Waals surface area contributed by atoms with Crippen molar-refractivity contribution in [3.8, 4) is 11.5 Å². The number of benzene rings is 1. The van der Waals surface area contributed by atoms with Crippen molar-refractivity contribution in [2.45, 2.75) is 27.7 Å². The maximum absolute atomic E-state index is 11.4. The van der Waals surface area contributed by atoms with Crippen LogP contribution in [0.2, 0.25) is 0 Å². The molecule has 0 aromatic heterocycles. The molecule has 8 heteroatoms. The molecule has 0 aliphatic carbocycles. The van der Waals surface area contributed by atoms with Gasteiger partial charge in [0.1, 0.15) is 6.61 Å². The predicted octanol–water partition coefficient (Wildman–Crippen LogP) is 2.84. The molecule has 0 spiro atoms. The largest absolute Gasteiger partial charge is 0.489 e. The minimum Gasteiger partial charge on any atom is -0.489 e. The number of carboxylic acids is 1. The number of carbonyl (C=O) groups is 1. The van der Waals surface area contributed by atoms with Crippen LogP contribution in [0.5, 0.6) is 11.5 Å². The van der Waals surface area contributed by atoms with Gasteiger partial charge in [-0.2, -0.15) is 0 Å². The van der Waals surface area contributed by atoms with E-state index in [1.165, 1.54) is 12.1 Å². The van der Waals surface area contributed by atoms with Crippen LogP contribution in [-0.4, -0.2) is 63.9 Å². The summed E-state index contributed by atoms with van der Waals surface area (Å²) >= 11 is 0. The van der Waals surface area contributed by atoms with Crippen LogP contribution in [0.15, 0.2) is 12.1 Å². The van der Waals surface area contributed by atoms with Crippen molar-refractivity contribution in [1.29, 1.82) is 0 Å². The topological polar surface area (TPSA) is 109 Å². The Morgan fingerprint density at radius 2 is 1.38 bits per heavy atom. The van der Waals surface area contributed by atoms with Crippen molar-refractivity contribution in [3.63, 3.8) is 0 Å². The van der Waals surface area contributed by atoms with E-state index in [1.807, 2.05) is 13.8 Å². The zero-order chi connectivity index (χ0) is 21.5. The molecule has 0 amide bonds. The highest BCUT2D eigenvalue weighted by Crippen LogP contribution is 2.34. The van der Waals surface area contributed by atoms with Gasteiger partial charge in [0.25, 0.3) is 0 Å². The first kappa shape index (κ1) is 23.3. The lowest BCUT2D eigenvalue weighted by Gasteiger charge is -2.29. The van der Waals surface area contributed by atoms with Crippen LogP contribution in [0.4, 0.5) is 5.69 Å². The highest BCUT2D eigenvalue weighted by atomic mass is 16.6. The van der Waals surface area contributed by atoms with E-state index < -0.39 is 5.97 Å². The van der Waals surface area contributed by atoms with E-state index in [9.17, 15) is 9.90 Å². The van der Waals surface area contributed by atoms with Crippen molar-refractivity contribution < 1.29 is 33.6 Å². The molecule has 164 valence electrons. The summed E-state index contributed by atoms with van der Waals surface area (Å²) in [6, 6.07) is 2.87. The molecular weight excluding hydrogens is 378 g/mol. The lowest BCUT2D eigenvalue weighted by atomic mass is 9.94. The quantitative estimate of drug-likeness (QED) is 0.679. The third kappa shape index (κ3) is 7.72. The van der Waals surface area contributed by atoms with E-state index in [0.29, 0.717) is 57.7 Å². The monoisotopic (exact) mass is 411 g/mol. The summed E-state index contributed by atoms with van der Waals surface area (Å²) in [5, 5.41) is 9.35. The minimum atomic E-state index is -1.12. The van der Waals surface area contributed by atoms with Crippen LogP contribution in [0, 0.1) is 10.8 Å². The zero-order valence-electron chi connectivity index (χ0n) is 17.8. The van der Waals surface area contributed by atoms with Gasteiger partial charge in [0.15, 0.2) is 11.5 Å². The maximum atomic E-state index is 11.4. The number of nitrogens with two attached hydrogens (primary N) is 1. The van der Waals surface area contributed by atoms with Gasteiger partial charge in [-0.1, -0.05) is 27.7 Å². The average molecular weight is 411 g/mol. The number of fused-ring (bicyclic) bond motifs is 1. The van der Waals surface area contributed by atoms with Crippen molar-refractivity contribution >= 4 is 11.7 Å². The Bertz CT molecular complexity index is 688. The van der Waals surface area contributed by atoms with Gasteiger partial charge in [-0.25, -0.2) is 4.79 Å². The smallest absolute Gasteiger partial charge is 0.337 e. The zero-order valence-corrected chi connectivity index (χ0v) is 17.8. The van der Waals surface area contributed by atoms with E-state index in [-0.39, 0.29) is 28.7 Å². The first-order valence-corrected chi connectivity index (χ1v) is 9.75. The Balaban J connectivity index is 2.18. The molecule has 8 nitrogen and oxygen atoms in total. The van der Waals surface area contributed by atoms with Crippen molar-refractivity contribution in [1.82, 2.24) is 0 Å². The first-order chi connectivity index (χ1) is 13.6. The molecule has 1 aromatic rings. The number of ether oxygens (including phenoxy) is 5. The summed E-state index contributed by atoms with van der Waals surface area (Å²) in [6.07, 6.45) is 0. The van der Waals surface area contributed by atoms with Gasteiger partial charge in [0.2, 0.25) is 0 Å². The Morgan fingerprint density at radius 3 is 2.07 bits per heavy atom. The molecule has 3 N–H and O–H groups in total. The molecule has 0 radical (unpaired) electrons. The Kier molecular flexibility index (Phi) is 8.13. The van der Waals surface area contributed by atoms with Crippen LogP contribution in [0.1, 0.15) is 38.1 Å². The van der Waals surface area contributed by atoms with Gasteiger partial charge in [-0.05, 0) is 0 Å². The minimum absolute atomic E-state index is 0.0255. The molecule has 1 aliphatic heterocycles. The summed E-state index contributed by atoms with van der Waals surface area (Å²) in [5.74, 6) is -0.405. The Hall–Kier alpha value is -2.03. The summed E-state index contributed by atoms with van der Waals surface area (Å²) in [4.78, 5) is 11.4. The summed E-state index contributed by atoms with van der Waals surface area (Å²) in [6.45, 7) is 11.7. The van der Waals surface area contributed by atoms with Gasteiger partial charge < -0.3 is 34.5 Å². The second-order valence-electron chi connectivity index (χ2n) is 8.81. The summed E-state index contributed by atoms with van der Waals surface area (Å²) < 4.78 is 28.8. The molecule has 1 aromatic carbocycles. The van der Waals surface area contributed by atoms with Gasteiger partial charge >= 0.3 is 5.97 Å². The fraction of sp³-hybridized carbons (Fsp3) is 0.667. The first-order valence-electron chi connectivity index (χ1n) is 9.75. The molecule has 0 saturated heterocycles. The molecule has 2 rings (SSSR count). The van der Waals surface area contributed by atoms with E-state index in [4.69, 9.17) is 29.4 Å². The number of hydrogen-bond donors (Lipinski definition) is 2. The summed E-state index contributed by atoms with van der Waals surface area (Å²) in [5.41, 5.74) is 5.53. The number of hydrogen-bond acceptors (Lipinski definition) is 7. The highest BCUT2D eigenvalue weighted by Gasteiger charge is 2.25. The third-order valence-corrected chi connectivity index (χ3v) is 4.30. The normalized spacial score (nSPS) is 21.1. The average Bonchev–Trinajstić information content (AvgIpc) is 2.61. The van der Waals surface area contributed by atoms with Gasteiger partial charge in [0, 0.05) is 23.0 Å². The molecule has 0 unspecified atom stereocenters. The van der Waals surface area contributed by atoms with E-state index in [1.54, 1.807) is 0 Å². The van der Waals surface area contributed by atoms with Crippen molar-refractivity contribution in [3.05, 3.63) is 17.7 Å². The standard InChI is InChI=1S/C21H33NO7/c1-20(2)11-26-6-5-25-7-8-28-18-10-16(22)15(19(23)24)9-17(18)29-14-21(3,4)13-27-12-20/h9-10H,5-8,11-14,22H2,1-4H3,(H,23,24). The van der Waals surface area contributed by atoms with E-state index in [0.717, 1.165) is 0 Å². The maximum Gasteiger partial charge on any atom is 0.337 e. The van der Waals surface area contributed by atoms with Crippen molar-refractivity contribution in [2.24, 2.45) is 10.8 Å². The molecule has 0 fully saturated rings. The number of carboxylic acid groups (broad SMARTS) is 1. The molecular formula is C21H33NO7. The van der Waals surface area contributed by atoms with Crippen molar-refractivity contribution in [2.75, 3.05) is 58.6 Å². The predicted molar refractivity (Wildman–Crippen MR) is 109 cm³/mol. The number of aromatic carboxylic acids is 1. The van der Waals surface area contributed by atoms with E-state index >= 15 is 0 Å². The third-order valence-electron chi connectivity index (χ3n) is 4.30. The molecule has 1 aliphatic rings. The highest BCUT2D eigenvalue weighted by molar-refractivity contribution is 5.94. The van der Waals surface area contributed by atoms with E-state index in [2.05, 4.69) is 13.8 Å². The second kappa shape index (κ2) is 10.1. The molecule has 1 heterocycles. The lowest BCUT2D eigenvalue weighted by Crippen LogP contribution is -2.32. The summed E-state index contributed by atoms with van der Waals surface area (Å²) in [7, 11) is 0. The van der Waals surface area contributed by atoms with Crippen LogP contribution < -0.4 is 15.2 Å².